The van der Waals surface area contributed by atoms with Crippen LogP contribution in [-0.2, 0) is 49.0 Å². The standard InChI is InChI=1S/C19H30O5.2C5H5.C2H5.Zr/c1-3-5-7-20-8-9-21-10-11-22-14-17-13-19-18(23-15-24-19)12-16(17)6-4-2;2*1-2-4-5-3-1;1-2;/h12-13H,3-11,14-15H2,1-2H3;2*1-3H,4H2;1H2,2H3;. The molecule has 0 amide bonds. The summed E-state index contributed by atoms with van der Waals surface area (Å²) >= 11 is -1.31. The van der Waals surface area contributed by atoms with Gasteiger partial charge in [0.15, 0.2) is 11.5 Å². The van der Waals surface area contributed by atoms with Gasteiger partial charge < -0.3 is 23.7 Å². The fraction of sp³-hybridized carbons (Fsp3) is 0.548. The fourth-order valence-electron chi connectivity index (χ4n) is 4.53. The molecular formula is C31H45O5Zr. The van der Waals surface area contributed by atoms with E-state index >= 15 is 0 Å². The van der Waals surface area contributed by atoms with Crippen LogP contribution in [0.1, 0.15) is 64.0 Å². The maximum atomic E-state index is 5.75. The van der Waals surface area contributed by atoms with Crippen LogP contribution in [0.15, 0.2) is 55.2 Å². The van der Waals surface area contributed by atoms with Crippen LogP contribution < -0.4 is 9.47 Å². The average Bonchev–Trinajstić information content (AvgIpc) is 3.70. The molecule has 1 aromatic carbocycles. The van der Waals surface area contributed by atoms with Crippen LogP contribution in [0, 0.1) is 0 Å². The van der Waals surface area contributed by atoms with Gasteiger partial charge >= 0.3 is 88.7 Å². The molecule has 0 aromatic heterocycles. The summed E-state index contributed by atoms with van der Waals surface area (Å²) in [5, 5.41) is 0. The Morgan fingerprint density at radius 3 is 1.86 bits per heavy atom. The van der Waals surface area contributed by atoms with Gasteiger partial charge in [-0.2, -0.15) is 0 Å². The van der Waals surface area contributed by atoms with Crippen molar-refractivity contribution < 1.29 is 45.4 Å². The molecule has 0 atom stereocenters. The molecule has 0 bridgehead atoms. The summed E-state index contributed by atoms with van der Waals surface area (Å²) in [5.41, 5.74) is 2.44. The summed E-state index contributed by atoms with van der Waals surface area (Å²) in [7, 11) is 0. The Kier molecular flexibility index (Phi) is 14.6. The number of unbranched alkanes of at least 4 members (excludes halogenated alkanes) is 1. The van der Waals surface area contributed by atoms with Crippen LogP contribution in [0.4, 0.5) is 0 Å². The van der Waals surface area contributed by atoms with E-state index in [4.69, 9.17) is 23.7 Å². The Morgan fingerprint density at radius 1 is 0.730 bits per heavy atom. The van der Waals surface area contributed by atoms with Gasteiger partial charge in [0.2, 0.25) is 6.79 Å². The summed E-state index contributed by atoms with van der Waals surface area (Å²) in [6.45, 7) is 10.8. The molecule has 1 aliphatic heterocycles. The molecule has 2 aliphatic carbocycles. The molecule has 0 fully saturated rings. The van der Waals surface area contributed by atoms with Crippen molar-refractivity contribution in [3.05, 3.63) is 66.3 Å². The van der Waals surface area contributed by atoms with Crippen molar-refractivity contribution in [2.24, 2.45) is 0 Å². The third-order valence-electron chi connectivity index (χ3n) is 6.53. The zero-order valence-electron chi connectivity index (χ0n) is 23.1. The SMILES string of the molecule is CCCCOCCOCCOCc1cc2c(cc1CCC)OCO2.C[CH2][Zr]([C]1=CC=CC1)[C]1=CC=CC1. The van der Waals surface area contributed by atoms with E-state index in [9.17, 15) is 0 Å². The fourth-order valence-corrected chi connectivity index (χ4v) is 11.0. The van der Waals surface area contributed by atoms with Crippen molar-refractivity contribution in [2.75, 3.05) is 39.8 Å². The molecule has 0 spiro atoms. The molecule has 37 heavy (non-hydrogen) atoms. The Morgan fingerprint density at radius 2 is 1.32 bits per heavy atom. The molecule has 4 rings (SSSR count). The first kappa shape index (κ1) is 30.1. The van der Waals surface area contributed by atoms with Gasteiger partial charge in [-0.15, -0.1) is 0 Å². The van der Waals surface area contributed by atoms with E-state index in [1.807, 2.05) is 6.07 Å². The summed E-state index contributed by atoms with van der Waals surface area (Å²) < 4.78 is 32.6. The predicted octanol–water partition coefficient (Wildman–Crippen LogP) is 7.45. The molecular weight excluding hydrogens is 544 g/mol. The second-order valence-electron chi connectivity index (χ2n) is 9.34. The Bertz CT molecular complexity index is 904. The number of aryl methyl sites for hydroxylation is 1. The van der Waals surface area contributed by atoms with Crippen molar-refractivity contribution in [1.82, 2.24) is 0 Å². The molecule has 0 N–H and O–H groups in total. The van der Waals surface area contributed by atoms with Gasteiger partial charge in [-0.1, -0.05) is 26.7 Å². The number of hydrogen-bond acceptors (Lipinski definition) is 5. The summed E-state index contributed by atoms with van der Waals surface area (Å²) in [6.07, 6.45) is 20.7. The maximum absolute atomic E-state index is 5.75. The van der Waals surface area contributed by atoms with Crippen molar-refractivity contribution in [1.29, 1.82) is 0 Å². The molecule has 3 aliphatic rings. The number of rotatable bonds is 16. The van der Waals surface area contributed by atoms with Crippen molar-refractivity contribution >= 4 is 0 Å². The van der Waals surface area contributed by atoms with E-state index in [0.717, 1.165) is 43.8 Å². The van der Waals surface area contributed by atoms with E-state index in [-0.39, 0.29) is 0 Å². The summed E-state index contributed by atoms with van der Waals surface area (Å²) in [6, 6.07) is 4.12. The van der Waals surface area contributed by atoms with Gasteiger partial charge in [-0.25, -0.2) is 0 Å². The van der Waals surface area contributed by atoms with E-state index in [1.165, 1.54) is 28.1 Å². The van der Waals surface area contributed by atoms with Gasteiger partial charge in [-0.05, 0) is 36.1 Å². The van der Waals surface area contributed by atoms with E-state index in [1.54, 1.807) is 6.56 Å². The number of allylic oxidation sites excluding steroid dienone is 8. The monoisotopic (exact) mass is 587 g/mol. The van der Waals surface area contributed by atoms with Crippen molar-refractivity contribution in [3.8, 4) is 11.5 Å². The van der Waals surface area contributed by atoms with Gasteiger partial charge in [0.1, 0.15) is 0 Å². The topological polar surface area (TPSA) is 46.2 Å². The van der Waals surface area contributed by atoms with Crippen molar-refractivity contribution in [2.45, 2.75) is 70.0 Å². The number of fused-ring (bicyclic) bond motifs is 1. The molecule has 6 heteroatoms. The molecule has 0 saturated carbocycles. The first-order chi connectivity index (χ1) is 18.3. The molecule has 5 nitrogen and oxygen atoms in total. The van der Waals surface area contributed by atoms with Crippen LogP contribution >= 0.6 is 0 Å². The van der Waals surface area contributed by atoms with Crippen LogP contribution in [0.25, 0.3) is 0 Å². The predicted molar refractivity (Wildman–Crippen MR) is 147 cm³/mol. The molecule has 0 unspecified atom stereocenters. The number of benzene rings is 1. The molecule has 203 valence electrons. The third-order valence-corrected chi connectivity index (χ3v) is 13.9. The van der Waals surface area contributed by atoms with Gasteiger partial charge in [0.25, 0.3) is 0 Å². The molecule has 1 aromatic rings. The second kappa shape index (κ2) is 17.9. The molecule has 1 heterocycles. The first-order valence-corrected chi connectivity index (χ1v) is 18.2. The minimum atomic E-state index is -1.31. The van der Waals surface area contributed by atoms with E-state index in [0.29, 0.717) is 39.8 Å². The normalized spacial score (nSPS) is 15.0. The van der Waals surface area contributed by atoms with Crippen molar-refractivity contribution in [3.63, 3.8) is 0 Å². The Labute approximate surface area is 232 Å². The van der Waals surface area contributed by atoms with Crippen LogP contribution in [0.5, 0.6) is 11.5 Å². The quantitative estimate of drug-likeness (QED) is 0.188. The summed E-state index contributed by atoms with van der Waals surface area (Å²) in [4.78, 5) is 0. The number of ether oxygens (including phenoxy) is 5. The van der Waals surface area contributed by atoms with Gasteiger partial charge in [0.05, 0.1) is 33.0 Å². The van der Waals surface area contributed by atoms with Gasteiger partial charge in [-0.3, -0.25) is 0 Å². The van der Waals surface area contributed by atoms with Crippen LogP contribution in [0.2, 0.25) is 4.13 Å². The second-order valence-corrected chi connectivity index (χ2v) is 16.6. The molecule has 0 saturated heterocycles. The third kappa shape index (κ3) is 10.3. The molecule has 0 radical (unpaired) electrons. The van der Waals surface area contributed by atoms with Crippen LogP contribution in [0.3, 0.4) is 0 Å². The zero-order chi connectivity index (χ0) is 26.1. The minimum absolute atomic E-state index is 0.305. The first-order valence-electron chi connectivity index (χ1n) is 14.0. The number of hydrogen-bond donors (Lipinski definition) is 0. The van der Waals surface area contributed by atoms with E-state index in [2.05, 4.69) is 63.3 Å². The summed E-state index contributed by atoms with van der Waals surface area (Å²) in [5.74, 6) is 1.66. The average molecular weight is 589 g/mol. The van der Waals surface area contributed by atoms with E-state index < -0.39 is 21.8 Å². The Hall–Kier alpha value is -1.46. The van der Waals surface area contributed by atoms with Gasteiger partial charge in [0, 0.05) is 6.61 Å². The Balaban J connectivity index is 0.000000244. The zero-order valence-corrected chi connectivity index (χ0v) is 25.5. The van der Waals surface area contributed by atoms with Crippen LogP contribution in [-0.4, -0.2) is 39.8 Å².